The first-order valence-corrected chi connectivity index (χ1v) is 8.17. The van der Waals surface area contributed by atoms with E-state index in [0.29, 0.717) is 0 Å². The molecule has 2 aromatic carbocycles. The number of methoxy groups -OCH3 is 1. The van der Waals surface area contributed by atoms with Crippen LogP contribution in [0, 0.1) is 13.8 Å². The van der Waals surface area contributed by atoms with Gasteiger partial charge in [0.2, 0.25) is 0 Å². The van der Waals surface area contributed by atoms with Crippen LogP contribution in [0.25, 0.3) is 10.9 Å². The summed E-state index contributed by atoms with van der Waals surface area (Å²) in [4.78, 5) is 17.9. The third-order valence-electron chi connectivity index (χ3n) is 4.88. The largest absolute Gasteiger partial charge is 0.497 e. The van der Waals surface area contributed by atoms with Gasteiger partial charge in [0.15, 0.2) is 0 Å². The molecule has 0 aliphatic carbocycles. The van der Waals surface area contributed by atoms with Crippen molar-refractivity contribution in [1.29, 1.82) is 0 Å². The van der Waals surface area contributed by atoms with E-state index in [9.17, 15) is 4.79 Å². The number of aryl methyl sites for hydroxylation is 2. The number of nitrogens with zero attached hydrogens (tertiary/aromatic N) is 1. The van der Waals surface area contributed by atoms with E-state index < -0.39 is 0 Å². The highest BCUT2D eigenvalue weighted by Gasteiger charge is 2.27. The first-order chi connectivity index (χ1) is 11.6. The molecule has 0 spiro atoms. The summed E-state index contributed by atoms with van der Waals surface area (Å²) in [6.07, 6.45) is 0.764. The first kappa shape index (κ1) is 14.8. The molecule has 0 unspecified atom stereocenters. The number of fused-ring (bicyclic) bond motifs is 3. The molecule has 4 rings (SSSR count). The van der Waals surface area contributed by atoms with Crippen molar-refractivity contribution < 1.29 is 4.74 Å². The minimum Gasteiger partial charge on any atom is -0.497 e. The second-order valence-electron chi connectivity index (χ2n) is 6.33. The minimum atomic E-state index is 0.0282. The van der Waals surface area contributed by atoms with E-state index in [0.717, 1.165) is 57.7 Å². The molecule has 0 saturated heterocycles. The van der Waals surface area contributed by atoms with E-state index in [1.807, 2.05) is 31.2 Å². The van der Waals surface area contributed by atoms with Crippen LogP contribution in [-0.2, 0) is 6.42 Å². The maximum absolute atomic E-state index is 12.5. The molecule has 0 atom stereocenters. The van der Waals surface area contributed by atoms with Gasteiger partial charge in [0.1, 0.15) is 5.75 Å². The molecule has 2 heterocycles. The van der Waals surface area contributed by atoms with Crippen LogP contribution in [0.3, 0.4) is 0 Å². The third-order valence-corrected chi connectivity index (χ3v) is 4.88. The molecule has 4 heteroatoms. The zero-order valence-electron chi connectivity index (χ0n) is 14.1. The summed E-state index contributed by atoms with van der Waals surface area (Å²) < 4.78 is 5.31. The molecule has 0 fully saturated rings. The minimum absolute atomic E-state index is 0.0282. The van der Waals surface area contributed by atoms with Crippen LogP contribution in [0.1, 0.15) is 16.7 Å². The molecule has 0 amide bonds. The normalized spacial score (nSPS) is 13.4. The number of hydrogen-bond donors (Lipinski definition) is 1. The van der Waals surface area contributed by atoms with Crippen LogP contribution in [0.2, 0.25) is 0 Å². The number of benzene rings is 2. The molecule has 0 radical (unpaired) electrons. The molecule has 3 aromatic rings. The Morgan fingerprint density at radius 3 is 2.71 bits per heavy atom. The number of aromatic nitrogens is 1. The van der Waals surface area contributed by atoms with Crippen molar-refractivity contribution in [2.75, 3.05) is 18.6 Å². The van der Waals surface area contributed by atoms with E-state index in [-0.39, 0.29) is 5.56 Å². The number of aromatic amines is 1. The molecule has 1 aliphatic rings. The smallest absolute Gasteiger partial charge is 0.253 e. The first-order valence-electron chi connectivity index (χ1n) is 8.17. The van der Waals surface area contributed by atoms with Crippen molar-refractivity contribution in [2.24, 2.45) is 0 Å². The van der Waals surface area contributed by atoms with Crippen molar-refractivity contribution in [2.45, 2.75) is 20.3 Å². The van der Waals surface area contributed by atoms with Crippen LogP contribution >= 0.6 is 0 Å². The van der Waals surface area contributed by atoms with Gasteiger partial charge in [-0.05, 0) is 49.6 Å². The van der Waals surface area contributed by atoms with Gasteiger partial charge in [-0.3, -0.25) is 4.79 Å². The zero-order valence-corrected chi connectivity index (χ0v) is 14.1. The lowest BCUT2D eigenvalue weighted by Crippen LogP contribution is -2.16. The molecule has 4 nitrogen and oxygen atoms in total. The monoisotopic (exact) mass is 320 g/mol. The quantitative estimate of drug-likeness (QED) is 0.780. The average Bonchev–Trinajstić information content (AvgIpc) is 3.01. The van der Waals surface area contributed by atoms with Crippen LogP contribution in [0.5, 0.6) is 5.75 Å². The highest BCUT2D eigenvalue weighted by atomic mass is 16.5. The predicted molar refractivity (Wildman–Crippen MR) is 97.7 cm³/mol. The number of rotatable bonds is 2. The second-order valence-corrected chi connectivity index (χ2v) is 6.33. The Balaban J connectivity index is 1.98. The highest BCUT2D eigenvalue weighted by molar-refractivity contribution is 5.98. The fourth-order valence-electron chi connectivity index (χ4n) is 3.66. The fourth-order valence-corrected chi connectivity index (χ4v) is 3.66. The standard InChI is InChI=1S/C20H20N2O2/c1-12-5-4-6-15-18(12)21-20(23)16-9-10-22(19(15)16)17-8-7-14(24-3)11-13(17)2/h4-8,11H,9-10H2,1-3H3,(H,21,23). The molecule has 122 valence electrons. The lowest BCUT2D eigenvalue weighted by Gasteiger charge is -2.23. The van der Waals surface area contributed by atoms with E-state index in [1.165, 1.54) is 0 Å². The Kier molecular flexibility index (Phi) is 3.34. The van der Waals surface area contributed by atoms with Gasteiger partial charge in [-0.15, -0.1) is 0 Å². The summed E-state index contributed by atoms with van der Waals surface area (Å²) in [5.41, 5.74) is 6.24. The maximum Gasteiger partial charge on any atom is 0.253 e. The van der Waals surface area contributed by atoms with Crippen molar-refractivity contribution in [3.8, 4) is 5.75 Å². The summed E-state index contributed by atoms with van der Waals surface area (Å²) in [7, 11) is 1.68. The SMILES string of the molecule is COc1ccc(N2CCc3c2c2cccc(C)c2[nH]c3=O)c(C)c1. The van der Waals surface area contributed by atoms with Crippen LogP contribution in [0.15, 0.2) is 41.2 Å². The Morgan fingerprint density at radius 2 is 1.96 bits per heavy atom. The lowest BCUT2D eigenvalue weighted by molar-refractivity contribution is 0.414. The Bertz CT molecular complexity index is 1000. The molecule has 1 N–H and O–H groups in total. The molecule has 24 heavy (non-hydrogen) atoms. The Morgan fingerprint density at radius 1 is 1.12 bits per heavy atom. The lowest BCUT2D eigenvalue weighted by atomic mass is 10.1. The topological polar surface area (TPSA) is 45.3 Å². The van der Waals surface area contributed by atoms with Gasteiger partial charge in [0.25, 0.3) is 5.56 Å². The predicted octanol–water partition coefficient (Wildman–Crippen LogP) is 3.85. The van der Waals surface area contributed by atoms with Gasteiger partial charge in [0, 0.05) is 23.2 Å². The van der Waals surface area contributed by atoms with E-state index in [1.54, 1.807) is 7.11 Å². The van der Waals surface area contributed by atoms with E-state index in [2.05, 4.69) is 28.9 Å². The van der Waals surface area contributed by atoms with Crippen molar-refractivity contribution >= 4 is 22.3 Å². The summed E-state index contributed by atoms with van der Waals surface area (Å²) >= 11 is 0. The van der Waals surface area contributed by atoms with Crippen molar-refractivity contribution in [3.63, 3.8) is 0 Å². The van der Waals surface area contributed by atoms with Crippen LogP contribution in [0.4, 0.5) is 11.4 Å². The van der Waals surface area contributed by atoms with Crippen molar-refractivity contribution in [3.05, 3.63) is 63.4 Å². The number of H-pyrrole nitrogens is 1. The Labute approximate surface area is 140 Å². The summed E-state index contributed by atoms with van der Waals surface area (Å²) in [5.74, 6) is 0.849. The molecular formula is C20H20N2O2. The number of pyridine rings is 1. The van der Waals surface area contributed by atoms with E-state index >= 15 is 0 Å². The second kappa shape index (κ2) is 5.41. The third kappa shape index (κ3) is 2.10. The summed E-state index contributed by atoms with van der Waals surface area (Å²) in [5, 5.41) is 1.11. The molecule has 1 aliphatic heterocycles. The number of anilines is 2. The molecule has 1 aromatic heterocycles. The molecular weight excluding hydrogens is 300 g/mol. The fraction of sp³-hybridized carbons (Fsp3) is 0.250. The number of ether oxygens (including phenoxy) is 1. The summed E-state index contributed by atoms with van der Waals surface area (Å²) in [6.45, 7) is 4.93. The van der Waals surface area contributed by atoms with Crippen LogP contribution in [-0.4, -0.2) is 18.6 Å². The van der Waals surface area contributed by atoms with Crippen LogP contribution < -0.4 is 15.2 Å². The van der Waals surface area contributed by atoms with Gasteiger partial charge >= 0.3 is 0 Å². The number of nitrogens with one attached hydrogen (secondary N) is 1. The maximum atomic E-state index is 12.5. The van der Waals surface area contributed by atoms with Gasteiger partial charge < -0.3 is 14.6 Å². The van der Waals surface area contributed by atoms with E-state index in [4.69, 9.17) is 4.74 Å². The summed E-state index contributed by atoms with van der Waals surface area (Å²) in [6, 6.07) is 12.3. The van der Waals surface area contributed by atoms with Gasteiger partial charge in [-0.25, -0.2) is 0 Å². The average molecular weight is 320 g/mol. The zero-order chi connectivity index (χ0) is 16.8. The molecule has 0 saturated carbocycles. The molecule has 0 bridgehead atoms. The van der Waals surface area contributed by atoms with Crippen molar-refractivity contribution in [1.82, 2.24) is 4.98 Å². The van der Waals surface area contributed by atoms with Gasteiger partial charge in [0.05, 0.1) is 18.3 Å². The number of hydrogen-bond acceptors (Lipinski definition) is 3. The number of para-hydroxylation sites is 1. The van der Waals surface area contributed by atoms with Gasteiger partial charge in [-0.2, -0.15) is 0 Å². The Hall–Kier alpha value is -2.75. The van der Waals surface area contributed by atoms with Gasteiger partial charge in [-0.1, -0.05) is 18.2 Å². The highest BCUT2D eigenvalue weighted by Crippen LogP contribution is 2.40.